The normalized spacial score (nSPS) is 13.3. The van der Waals surface area contributed by atoms with Crippen molar-refractivity contribution in [2.45, 2.75) is 206 Å². The molecule has 0 amide bonds. The van der Waals surface area contributed by atoms with Gasteiger partial charge in [0.05, 0.1) is 13.2 Å². The third-order valence-electron chi connectivity index (χ3n) is 8.72. The topological polar surface area (TPSA) is 134 Å². The molecular weight excluding hydrogens is 629 g/mol. The van der Waals surface area contributed by atoms with E-state index >= 15 is 0 Å². The van der Waals surface area contributed by atoms with E-state index in [0.717, 1.165) is 32.1 Å². The number of phosphoric acid groups is 1. The highest BCUT2D eigenvalue weighted by Crippen LogP contribution is 2.43. The first-order chi connectivity index (χ1) is 23.3. The first-order valence-corrected chi connectivity index (χ1v) is 21.5. The van der Waals surface area contributed by atoms with Crippen molar-refractivity contribution in [1.82, 2.24) is 0 Å². The lowest BCUT2D eigenvalue weighted by Gasteiger charge is -2.20. The van der Waals surface area contributed by atoms with Crippen LogP contribution >= 0.6 is 7.82 Å². The molecule has 0 aromatic carbocycles. The van der Waals surface area contributed by atoms with Gasteiger partial charge in [-0.2, -0.15) is 0 Å². The monoisotopic (exact) mass is 706 g/mol. The summed E-state index contributed by atoms with van der Waals surface area (Å²) >= 11 is 0. The lowest BCUT2D eigenvalue weighted by molar-refractivity contribution is -0.161. The van der Waals surface area contributed by atoms with E-state index in [0.29, 0.717) is 32.2 Å². The van der Waals surface area contributed by atoms with Crippen LogP contribution in [-0.4, -0.2) is 49.3 Å². The summed E-state index contributed by atoms with van der Waals surface area (Å²) in [5, 5.41) is 0. The van der Waals surface area contributed by atoms with Crippen LogP contribution in [0.25, 0.3) is 0 Å². The van der Waals surface area contributed by atoms with Gasteiger partial charge in [0.15, 0.2) is 6.10 Å². The maximum atomic E-state index is 12.6. The second-order valence-corrected chi connectivity index (χ2v) is 15.0. The first kappa shape index (κ1) is 47.0. The summed E-state index contributed by atoms with van der Waals surface area (Å²) < 4.78 is 33.3. The lowest BCUT2D eigenvalue weighted by atomic mass is 10.0. The van der Waals surface area contributed by atoms with Crippen LogP contribution in [0.3, 0.4) is 0 Å². The van der Waals surface area contributed by atoms with Gasteiger partial charge >= 0.3 is 19.8 Å². The molecule has 0 spiro atoms. The molecule has 1 unspecified atom stereocenters. The van der Waals surface area contributed by atoms with E-state index in [2.05, 4.69) is 13.8 Å². The number of rotatable bonds is 38. The van der Waals surface area contributed by atoms with E-state index in [4.69, 9.17) is 24.3 Å². The molecule has 0 saturated carbocycles. The number of unbranched alkanes of at least 4 members (excludes halogenated alkanes) is 24. The summed E-state index contributed by atoms with van der Waals surface area (Å²) in [5.74, 6) is -0.801. The second kappa shape index (κ2) is 35.8. The Morgan fingerprint density at radius 2 is 0.938 bits per heavy atom. The molecule has 0 bridgehead atoms. The minimum absolute atomic E-state index is 0.0303. The molecule has 0 aromatic heterocycles. The van der Waals surface area contributed by atoms with Crippen molar-refractivity contribution in [3.05, 3.63) is 0 Å². The Kier molecular flexibility index (Phi) is 35.1. The number of carbonyl (C=O) groups excluding carboxylic acids is 2. The van der Waals surface area contributed by atoms with Gasteiger partial charge in [-0.25, -0.2) is 4.57 Å². The first-order valence-electron chi connectivity index (χ1n) is 20.0. The average Bonchev–Trinajstić information content (AvgIpc) is 3.07. The average molecular weight is 706 g/mol. The third-order valence-corrected chi connectivity index (χ3v) is 9.71. The highest BCUT2D eigenvalue weighted by molar-refractivity contribution is 7.47. The van der Waals surface area contributed by atoms with E-state index in [9.17, 15) is 19.0 Å². The summed E-state index contributed by atoms with van der Waals surface area (Å²) in [7, 11) is -4.34. The molecule has 0 heterocycles. The van der Waals surface area contributed by atoms with Crippen LogP contribution < -0.4 is 5.73 Å². The third kappa shape index (κ3) is 34.9. The van der Waals surface area contributed by atoms with E-state index in [1.807, 2.05) is 0 Å². The Balaban J connectivity index is 4.30. The van der Waals surface area contributed by atoms with Crippen molar-refractivity contribution < 1.29 is 37.6 Å². The standard InChI is InChI=1S/C38H76NO8P/c1-3-5-7-9-11-13-15-17-19-21-23-25-27-31-38(41)47-36(35-46-48(42,43)45-33-29-28-32-39)34-44-37(40)30-26-24-22-20-18-16-14-12-10-8-6-4-2/h36H,3-35,39H2,1-2H3,(H,42,43)/t36-/m0/s1. The van der Waals surface area contributed by atoms with E-state index in [1.54, 1.807) is 0 Å². The van der Waals surface area contributed by atoms with Crippen molar-refractivity contribution in [1.29, 1.82) is 0 Å². The summed E-state index contributed by atoms with van der Waals surface area (Å²) in [5.41, 5.74) is 5.45. The molecule has 0 saturated heterocycles. The SMILES string of the molecule is CCCCCCCCCCCCCCCC(=O)O[C@@H](COC(=O)CCCCCCCCCCCCCC)COP(=O)(O)OCCCCN. The fourth-order valence-corrected chi connectivity index (χ4v) is 6.45. The minimum atomic E-state index is -4.34. The predicted molar refractivity (Wildman–Crippen MR) is 197 cm³/mol. The number of phosphoric ester groups is 1. The molecule has 0 aromatic rings. The Morgan fingerprint density at radius 3 is 1.35 bits per heavy atom. The van der Waals surface area contributed by atoms with Gasteiger partial charge in [-0.15, -0.1) is 0 Å². The maximum absolute atomic E-state index is 12.6. The van der Waals surface area contributed by atoms with E-state index < -0.39 is 26.5 Å². The number of hydrogen-bond acceptors (Lipinski definition) is 8. The van der Waals surface area contributed by atoms with Gasteiger partial charge in [-0.3, -0.25) is 18.6 Å². The maximum Gasteiger partial charge on any atom is 0.472 e. The molecule has 9 nitrogen and oxygen atoms in total. The van der Waals surface area contributed by atoms with Gasteiger partial charge < -0.3 is 20.1 Å². The highest BCUT2D eigenvalue weighted by atomic mass is 31.2. The number of esters is 2. The highest BCUT2D eigenvalue weighted by Gasteiger charge is 2.26. The zero-order chi connectivity index (χ0) is 35.4. The van der Waals surface area contributed by atoms with Gasteiger partial charge in [0.1, 0.15) is 6.61 Å². The smallest absolute Gasteiger partial charge is 0.462 e. The molecule has 0 aliphatic heterocycles. The molecule has 2 atom stereocenters. The Hall–Kier alpha value is -0.990. The minimum Gasteiger partial charge on any atom is -0.462 e. The van der Waals surface area contributed by atoms with Crippen LogP contribution in [0.2, 0.25) is 0 Å². The van der Waals surface area contributed by atoms with Gasteiger partial charge in [-0.05, 0) is 32.2 Å². The molecule has 0 radical (unpaired) electrons. The van der Waals surface area contributed by atoms with Gasteiger partial charge in [-0.1, -0.05) is 162 Å². The quantitative estimate of drug-likeness (QED) is 0.0365. The molecular formula is C38H76NO8P. The van der Waals surface area contributed by atoms with Gasteiger partial charge in [0, 0.05) is 12.8 Å². The van der Waals surface area contributed by atoms with Crippen LogP contribution in [0.1, 0.15) is 200 Å². The summed E-state index contributed by atoms with van der Waals surface area (Å²) in [6.45, 7) is 4.35. The predicted octanol–water partition coefficient (Wildman–Crippen LogP) is 10.9. The zero-order valence-electron chi connectivity index (χ0n) is 31.2. The summed E-state index contributed by atoms with van der Waals surface area (Å²) in [6.07, 6.45) is 31.1. The summed E-state index contributed by atoms with van der Waals surface area (Å²) in [4.78, 5) is 35.0. The van der Waals surface area contributed by atoms with Gasteiger partial charge in [0.25, 0.3) is 0 Å². The lowest BCUT2D eigenvalue weighted by Crippen LogP contribution is -2.29. The van der Waals surface area contributed by atoms with Crippen molar-refractivity contribution in [2.75, 3.05) is 26.4 Å². The molecule has 0 fully saturated rings. The number of ether oxygens (including phenoxy) is 2. The molecule has 286 valence electrons. The zero-order valence-corrected chi connectivity index (χ0v) is 32.1. The fraction of sp³-hybridized carbons (Fsp3) is 0.947. The number of hydrogen-bond donors (Lipinski definition) is 2. The van der Waals surface area contributed by atoms with Crippen LogP contribution in [0, 0.1) is 0 Å². The fourth-order valence-electron chi connectivity index (χ4n) is 5.66. The van der Waals surface area contributed by atoms with Gasteiger partial charge in [0.2, 0.25) is 0 Å². The van der Waals surface area contributed by atoms with Crippen molar-refractivity contribution in [3.8, 4) is 0 Å². The number of carbonyl (C=O) groups is 2. The largest absolute Gasteiger partial charge is 0.472 e. The molecule has 0 aliphatic carbocycles. The molecule has 0 rings (SSSR count). The second-order valence-electron chi connectivity index (χ2n) is 13.5. The summed E-state index contributed by atoms with van der Waals surface area (Å²) in [6, 6.07) is 0. The van der Waals surface area contributed by atoms with Crippen molar-refractivity contribution >= 4 is 19.8 Å². The van der Waals surface area contributed by atoms with Crippen molar-refractivity contribution in [3.63, 3.8) is 0 Å². The Morgan fingerprint density at radius 1 is 0.542 bits per heavy atom. The van der Waals surface area contributed by atoms with E-state index in [1.165, 1.54) is 122 Å². The van der Waals surface area contributed by atoms with Crippen LogP contribution in [0.15, 0.2) is 0 Å². The van der Waals surface area contributed by atoms with E-state index in [-0.39, 0.29) is 25.6 Å². The Bertz CT molecular complexity index is 769. The molecule has 10 heteroatoms. The molecule has 48 heavy (non-hydrogen) atoms. The molecule has 3 N–H and O–H groups in total. The van der Waals surface area contributed by atoms with Crippen LogP contribution in [0.4, 0.5) is 0 Å². The van der Waals surface area contributed by atoms with Crippen molar-refractivity contribution in [2.24, 2.45) is 5.73 Å². The number of nitrogens with two attached hydrogens (primary N) is 1. The molecule has 0 aliphatic rings. The van der Waals surface area contributed by atoms with Crippen LogP contribution in [-0.2, 0) is 32.7 Å². The Labute approximate surface area is 295 Å². The van der Waals surface area contributed by atoms with Crippen LogP contribution in [0.5, 0.6) is 0 Å².